The minimum Gasteiger partial charge on any atom is -1.00 e. The Bertz CT molecular complexity index is 109. The van der Waals surface area contributed by atoms with Gasteiger partial charge in [-0.05, 0) is 0 Å². The first-order chi connectivity index (χ1) is 3.80. The predicted octanol–water partition coefficient (Wildman–Crippen LogP) is -1.37. The number of rotatable bonds is 0. The van der Waals surface area contributed by atoms with Gasteiger partial charge in [0.05, 0.1) is 0 Å². The summed E-state index contributed by atoms with van der Waals surface area (Å²) in [5, 5.41) is 0. The molecule has 0 atom stereocenters. The molecule has 0 saturated carbocycles. The van der Waals surface area contributed by atoms with E-state index in [9.17, 15) is 0 Å². The van der Waals surface area contributed by atoms with Crippen molar-refractivity contribution < 1.29 is 17.0 Å². The molecule has 4 heteroatoms. The molecule has 1 heterocycles. The molecule has 0 radical (unpaired) electrons. The summed E-state index contributed by atoms with van der Waals surface area (Å²) >= 11 is 11.0. The van der Waals surface area contributed by atoms with Crippen LogP contribution in [0.3, 0.4) is 0 Å². The lowest BCUT2D eigenvalue weighted by Gasteiger charge is -1.86. The quantitative estimate of drug-likeness (QED) is 0.413. The summed E-state index contributed by atoms with van der Waals surface area (Å²) in [5.74, 6) is 0. The smallest absolute Gasteiger partial charge is 0.341 e. The van der Waals surface area contributed by atoms with E-state index in [-0.39, 0.29) is 12.4 Å². The first kappa shape index (κ1) is 9.54. The van der Waals surface area contributed by atoms with E-state index in [1.165, 1.54) is 12.8 Å². The standard InChI is InChI=1S/C5H8Cl2N.ClH/c6-5(7)8-3-1-2-4-8;/h1-4H2;1H/q+1;/p-1. The average Bonchev–Trinajstić information content (AvgIpc) is 2.12. The van der Waals surface area contributed by atoms with Crippen LogP contribution in [-0.4, -0.2) is 22.3 Å². The molecule has 0 aromatic carbocycles. The molecule has 0 bridgehead atoms. The highest BCUT2D eigenvalue weighted by molar-refractivity contribution is 6.94. The molecule has 1 aliphatic rings. The van der Waals surface area contributed by atoms with Gasteiger partial charge in [-0.1, -0.05) is 0 Å². The van der Waals surface area contributed by atoms with E-state index in [1.54, 1.807) is 0 Å². The second-order valence-electron chi connectivity index (χ2n) is 1.93. The van der Waals surface area contributed by atoms with Crippen molar-refractivity contribution in [3.05, 3.63) is 0 Å². The monoisotopic (exact) mass is 187 g/mol. The molecule has 1 saturated heterocycles. The van der Waals surface area contributed by atoms with Gasteiger partial charge in [-0.3, -0.25) is 0 Å². The highest BCUT2D eigenvalue weighted by Crippen LogP contribution is 2.04. The fourth-order valence-corrected chi connectivity index (χ4v) is 1.22. The maximum Gasteiger partial charge on any atom is 0.341 e. The van der Waals surface area contributed by atoms with Crippen LogP contribution in [0.4, 0.5) is 0 Å². The summed E-state index contributed by atoms with van der Waals surface area (Å²) in [5.41, 5.74) is 0. The second-order valence-corrected chi connectivity index (χ2v) is 2.84. The van der Waals surface area contributed by atoms with Crippen molar-refractivity contribution in [2.45, 2.75) is 12.8 Å². The number of nitrogens with zero attached hydrogens (tertiary/aromatic N) is 1. The summed E-state index contributed by atoms with van der Waals surface area (Å²) < 4.78 is 2.39. The van der Waals surface area contributed by atoms with Gasteiger partial charge in [0, 0.05) is 36.0 Å². The molecule has 0 aromatic heterocycles. The van der Waals surface area contributed by atoms with Gasteiger partial charge < -0.3 is 12.4 Å². The zero-order valence-electron chi connectivity index (χ0n) is 4.91. The molecule has 1 nitrogen and oxygen atoms in total. The van der Waals surface area contributed by atoms with Crippen molar-refractivity contribution in [2.24, 2.45) is 0 Å². The van der Waals surface area contributed by atoms with Crippen LogP contribution >= 0.6 is 23.2 Å². The van der Waals surface area contributed by atoms with Crippen molar-refractivity contribution in [2.75, 3.05) is 13.1 Å². The molecule has 0 aromatic rings. The van der Waals surface area contributed by atoms with E-state index in [0.29, 0.717) is 4.63 Å². The maximum absolute atomic E-state index is 5.49. The van der Waals surface area contributed by atoms with E-state index in [4.69, 9.17) is 23.2 Å². The van der Waals surface area contributed by atoms with E-state index < -0.39 is 0 Å². The third-order valence-electron chi connectivity index (χ3n) is 1.35. The molecular weight excluding hydrogens is 180 g/mol. The van der Waals surface area contributed by atoms with Crippen molar-refractivity contribution in [1.29, 1.82) is 0 Å². The molecule has 1 fully saturated rings. The van der Waals surface area contributed by atoms with Crippen LogP contribution in [0.15, 0.2) is 0 Å². The van der Waals surface area contributed by atoms with Gasteiger partial charge in [-0.25, -0.2) is 4.58 Å². The van der Waals surface area contributed by atoms with E-state index >= 15 is 0 Å². The van der Waals surface area contributed by atoms with Crippen molar-refractivity contribution in [3.63, 3.8) is 0 Å². The number of halogens is 3. The highest BCUT2D eigenvalue weighted by Gasteiger charge is 2.15. The van der Waals surface area contributed by atoms with Gasteiger partial charge in [0.25, 0.3) is 0 Å². The lowest BCUT2D eigenvalue weighted by Crippen LogP contribution is -3.00. The Labute approximate surface area is 71.1 Å². The Balaban J connectivity index is 0.000000640. The fraction of sp³-hybridized carbons (Fsp3) is 0.800. The van der Waals surface area contributed by atoms with E-state index in [1.807, 2.05) is 4.58 Å². The molecule has 0 aliphatic carbocycles. The molecule has 0 amide bonds. The fourth-order valence-electron chi connectivity index (χ4n) is 0.886. The largest absolute Gasteiger partial charge is 1.00 e. The Hall–Kier alpha value is 0.540. The SMILES string of the molecule is ClC(Cl)=[N+]1CCCC1.[Cl-]. The van der Waals surface area contributed by atoms with Crippen LogP contribution in [-0.2, 0) is 0 Å². The maximum atomic E-state index is 5.49. The van der Waals surface area contributed by atoms with Crippen LogP contribution in [0.5, 0.6) is 0 Å². The normalized spacial score (nSPS) is 17.3. The molecular formula is C5H8Cl3N. The van der Waals surface area contributed by atoms with E-state index in [0.717, 1.165) is 13.1 Å². The zero-order valence-corrected chi connectivity index (χ0v) is 7.18. The molecule has 1 rings (SSSR count). The van der Waals surface area contributed by atoms with Gasteiger partial charge in [0.2, 0.25) is 0 Å². The minimum absolute atomic E-state index is 0. The van der Waals surface area contributed by atoms with Crippen molar-refractivity contribution in [1.82, 2.24) is 0 Å². The predicted molar refractivity (Wildman–Crippen MR) is 35.9 cm³/mol. The summed E-state index contributed by atoms with van der Waals surface area (Å²) in [6, 6.07) is 0. The van der Waals surface area contributed by atoms with Crippen LogP contribution in [0.1, 0.15) is 12.8 Å². The third-order valence-corrected chi connectivity index (χ3v) is 1.82. The van der Waals surface area contributed by atoms with Gasteiger partial charge in [-0.2, -0.15) is 0 Å². The van der Waals surface area contributed by atoms with Gasteiger partial charge in [0.15, 0.2) is 0 Å². The Morgan fingerprint density at radius 2 is 1.56 bits per heavy atom. The summed E-state index contributed by atoms with van der Waals surface area (Å²) in [7, 11) is 0. The van der Waals surface area contributed by atoms with Gasteiger partial charge in [0.1, 0.15) is 13.1 Å². The van der Waals surface area contributed by atoms with Crippen LogP contribution in [0.25, 0.3) is 0 Å². The topological polar surface area (TPSA) is 3.01 Å². The van der Waals surface area contributed by atoms with Gasteiger partial charge >= 0.3 is 4.63 Å². The Morgan fingerprint density at radius 3 is 1.78 bits per heavy atom. The molecule has 1 aliphatic heterocycles. The number of hydrogen-bond acceptors (Lipinski definition) is 0. The zero-order chi connectivity index (χ0) is 5.98. The second kappa shape index (κ2) is 4.37. The minimum atomic E-state index is 0. The van der Waals surface area contributed by atoms with Crippen LogP contribution in [0, 0.1) is 0 Å². The van der Waals surface area contributed by atoms with Crippen LogP contribution < -0.4 is 12.4 Å². The molecule has 0 spiro atoms. The average molecular weight is 188 g/mol. The van der Waals surface area contributed by atoms with Crippen LogP contribution in [0.2, 0.25) is 0 Å². The third kappa shape index (κ3) is 2.74. The lowest BCUT2D eigenvalue weighted by molar-refractivity contribution is -0.501. The van der Waals surface area contributed by atoms with Crippen molar-refractivity contribution in [3.8, 4) is 0 Å². The lowest BCUT2D eigenvalue weighted by atomic mass is 10.4. The Kier molecular flexibility index (Phi) is 4.63. The molecule has 0 N–H and O–H groups in total. The first-order valence-electron chi connectivity index (χ1n) is 2.73. The van der Waals surface area contributed by atoms with Gasteiger partial charge in [-0.15, -0.1) is 0 Å². The summed E-state index contributed by atoms with van der Waals surface area (Å²) in [6.07, 6.45) is 2.45. The van der Waals surface area contributed by atoms with Crippen molar-refractivity contribution >= 4 is 27.8 Å². The Morgan fingerprint density at radius 1 is 1.11 bits per heavy atom. The molecule has 0 unspecified atom stereocenters. The summed E-state index contributed by atoms with van der Waals surface area (Å²) in [4.78, 5) is 0. The number of hydrogen-bond donors (Lipinski definition) is 0. The highest BCUT2D eigenvalue weighted by atomic mass is 35.5. The summed E-state index contributed by atoms with van der Waals surface area (Å²) in [6.45, 7) is 2.06. The van der Waals surface area contributed by atoms with E-state index in [2.05, 4.69) is 0 Å². The molecule has 54 valence electrons. The first-order valence-corrected chi connectivity index (χ1v) is 3.49. The molecule has 9 heavy (non-hydrogen) atoms.